The Hall–Kier alpha value is -1.02. The zero-order valence-corrected chi connectivity index (χ0v) is 13.2. The van der Waals surface area contributed by atoms with Gasteiger partial charge in [0.15, 0.2) is 0 Å². The lowest BCUT2D eigenvalue weighted by Crippen LogP contribution is -2.16. The van der Waals surface area contributed by atoms with Gasteiger partial charge in [0.2, 0.25) is 0 Å². The SMILES string of the molecule is CC(C)(C)c1cc(OCCCO)cc(C(C)(C)C)c1. The molecule has 0 spiro atoms. The fraction of sp³-hybridized carbons (Fsp3) is 0.647. The summed E-state index contributed by atoms with van der Waals surface area (Å²) in [6.45, 7) is 14.0. The van der Waals surface area contributed by atoms with Gasteiger partial charge in [0.25, 0.3) is 0 Å². The molecule has 0 atom stereocenters. The first-order chi connectivity index (χ1) is 8.64. The molecule has 0 aliphatic heterocycles. The molecule has 0 heterocycles. The second-order valence-electron chi connectivity index (χ2n) is 7.17. The molecule has 0 saturated heterocycles. The van der Waals surface area contributed by atoms with Gasteiger partial charge in [-0.05, 0) is 34.1 Å². The lowest BCUT2D eigenvalue weighted by Gasteiger charge is -2.26. The van der Waals surface area contributed by atoms with E-state index >= 15 is 0 Å². The number of ether oxygens (including phenoxy) is 1. The molecule has 0 saturated carbocycles. The van der Waals surface area contributed by atoms with E-state index < -0.39 is 0 Å². The number of hydrogen-bond acceptors (Lipinski definition) is 2. The van der Waals surface area contributed by atoms with Gasteiger partial charge in [-0.15, -0.1) is 0 Å². The van der Waals surface area contributed by atoms with Crippen molar-refractivity contribution in [1.82, 2.24) is 0 Å². The van der Waals surface area contributed by atoms with Crippen molar-refractivity contribution in [3.8, 4) is 5.75 Å². The Balaban J connectivity index is 3.10. The zero-order valence-electron chi connectivity index (χ0n) is 13.2. The minimum absolute atomic E-state index is 0.107. The zero-order chi connectivity index (χ0) is 14.7. The van der Waals surface area contributed by atoms with Crippen LogP contribution in [0, 0.1) is 0 Å². The third kappa shape index (κ3) is 4.87. The van der Waals surface area contributed by atoms with Crippen LogP contribution in [0.2, 0.25) is 0 Å². The van der Waals surface area contributed by atoms with Crippen LogP contribution >= 0.6 is 0 Å². The Labute approximate surface area is 117 Å². The van der Waals surface area contributed by atoms with Crippen molar-refractivity contribution in [2.24, 2.45) is 0 Å². The molecular formula is C17H28O2. The summed E-state index contributed by atoms with van der Waals surface area (Å²) >= 11 is 0. The maximum Gasteiger partial charge on any atom is 0.119 e. The van der Waals surface area contributed by atoms with Crippen LogP contribution in [0.5, 0.6) is 5.75 Å². The van der Waals surface area contributed by atoms with E-state index in [0.29, 0.717) is 13.0 Å². The number of aliphatic hydroxyl groups excluding tert-OH is 1. The molecule has 0 aliphatic carbocycles. The smallest absolute Gasteiger partial charge is 0.119 e. The molecule has 108 valence electrons. The Morgan fingerprint density at radius 3 is 1.74 bits per heavy atom. The van der Waals surface area contributed by atoms with Gasteiger partial charge in [-0.25, -0.2) is 0 Å². The number of aliphatic hydroxyl groups is 1. The second-order valence-corrected chi connectivity index (χ2v) is 7.17. The van der Waals surface area contributed by atoms with Gasteiger partial charge in [-0.2, -0.15) is 0 Å². The highest BCUT2D eigenvalue weighted by Gasteiger charge is 2.20. The van der Waals surface area contributed by atoms with Crippen molar-refractivity contribution in [3.63, 3.8) is 0 Å². The lowest BCUT2D eigenvalue weighted by molar-refractivity contribution is 0.233. The Morgan fingerprint density at radius 2 is 1.37 bits per heavy atom. The highest BCUT2D eigenvalue weighted by atomic mass is 16.5. The molecule has 0 unspecified atom stereocenters. The predicted molar refractivity (Wildman–Crippen MR) is 81.0 cm³/mol. The van der Waals surface area contributed by atoms with Crippen LogP contribution in [0.15, 0.2) is 18.2 Å². The fourth-order valence-electron chi connectivity index (χ4n) is 1.80. The number of benzene rings is 1. The van der Waals surface area contributed by atoms with Crippen molar-refractivity contribution < 1.29 is 9.84 Å². The molecule has 1 N–H and O–H groups in total. The normalized spacial score (nSPS) is 12.6. The molecule has 0 aliphatic rings. The first-order valence-corrected chi connectivity index (χ1v) is 7.04. The van der Waals surface area contributed by atoms with E-state index in [1.165, 1.54) is 11.1 Å². The average molecular weight is 264 g/mol. The van der Waals surface area contributed by atoms with E-state index in [1.807, 2.05) is 0 Å². The largest absolute Gasteiger partial charge is 0.493 e. The van der Waals surface area contributed by atoms with Crippen LogP contribution in [0.25, 0.3) is 0 Å². The molecule has 0 aromatic heterocycles. The molecule has 1 aromatic rings. The summed E-state index contributed by atoms with van der Waals surface area (Å²) in [4.78, 5) is 0. The van der Waals surface area contributed by atoms with Gasteiger partial charge in [0.05, 0.1) is 6.61 Å². The van der Waals surface area contributed by atoms with Gasteiger partial charge >= 0.3 is 0 Å². The van der Waals surface area contributed by atoms with E-state index in [4.69, 9.17) is 9.84 Å². The minimum atomic E-state index is 0.107. The second kappa shape index (κ2) is 5.96. The van der Waals surface area contributed by atoms with Crippen molar-refractivity contribution in [2.45, 2.75) is 58.8 Å². The van der Waals surface area contributed by atoms with Crippen LogP contribution in [0.3, 0.4) is 0 Å². The topological polar surface area (TPSA) is 29.5 Å². The van der Waals surface area contributed by atoms with Gasteiger partial charge < -0.3 is 9.84 Å². The van der Waals surface area contributed by atoms with Gasteiger partial charge in [0, 0.05) is 13.0 Å². The Kier molecular flexibility index (Phi) is 5.03. The maximum absolute atomic E-state index is 8.83. The first-order valence-electron chi connectivity index (χ1n) is 7.04. The van der Waals surface area contributed by atoms with Crippen molar-refractivity contribution in [3.05, 3.63) is 29.3 Å². The molecule has 1 aromatic carbocycles. The molecule has 0 bridgehead atoms. The van der Waals surface area contributed by atoms with Crippen LogP contribution in [-0.2, 0) is 10.8 Å². The molecule has 2 nitrogen and oxygen atoms in total. The lowest BCUT2D eigenvalue weighted by atomic mass is 9.80. The molecular weight excluding hydrogens is 236 g/mol. The van der Waals surface area contributed by atoms with Gasteiger partial charge in [0.1, 0.15) is 5.75 Å². The monoisotopic (exact) mass is 264 g/mol. The Bertz CT molecular complexity index is 376. The van der Waals surface area contributed by atoms with Crippen LogP contribution in [0.1, 0.15) is 59.1 Å². The van der Waals surface area contributed by atoms with Crippen molar-refractivity contribution in [2.75, 3.05) is 13.2 Å². The highest BCUT2D eigenvalue weighted by molar-refractivity contribution is 5.40. The molecule has 0 fully saturated rings. The van der Waals surface area contributed by atoms with Crippen LogP contribution < -0.4 is 4.74 Å². The van der Waals surface area contributed by atoms with Crippen molar-refractivity contribution >= 4 is 0 Å². The summed E-state index contributed by atoms with van der Waals surface area (Å²) in [6.07, 6.45) is 0.671. The van der Waals surface area contributed by atoms with E-state index in [-0.39, 0.29) is 17.4 Å². The van der Waals surface area contributed by atoms with Crippen LogP contribution in [0.4, 0.5) is 0 Å². The highest BCUT2D eigenvalue weighted by Crippen LogP contribution is 2.32. The molecule has 19 heavy (non-hydrogen) atoms. The predicted octanol–water partition coefficient (Wildman–Crippen LogP) is 4.04. The third-order valence-electron chi connectivity index (χ3n) is 3.21. The van der Waals surface area contributed by atoms with E-state index in [9.17, 15) is 0 Å². The maximum atomic E-state index is 8.83. The van der Waals surface area contributed by atoms with Gasteiger partial charge in [-0.3, -0.25) is 0 Å². The third-order valence-corrected chi connectivity index (χ3v) is 3.21. The molecule has 0 amide bonds. The van der Waals surface area contributed by atoms with Crippen molar-refractivity contribution in [1.29, 1.82) is 0 Å². The quantitative estimate of drug-likeness (QED) is 0.832. The molecule has 0 radical (unpaired) electrons. The summed E-state index contributed by atoms with van der Waals surface area (Å²) < 4.78 is 5.76. The fourth-order valence-corrected chi connectivity index (χ4v) is 1.80. The minimum Gasteiger partial charge on any atom is -0.493 e. The Morgan fingerprint density at radius 1 is 0.895 bits per heavy atom. The molecule has 1 rings (SSSR count). The number of hydrogen-bond donors (Lipinski definition) is 1. The van der Waals surface area contributed by atoms with Gasteiger partial charge in [-0.1, -0.05) is 47.6 Å². The summed E-state index contributed by atoms with van der Waals surface area (Å²) in [5.41, 5.74) is 2.80. The summed E-state index contributed by atoms with van der Waals surface area (Å²) in [5, 5.41) is 8.83. The van der Waals surface area contributed by atoms with E-state index in [0.717, 1.165) is 5.75 Å². The average Bonchev–Trinajstić information content (AvgIpc) is 2.27. The van der Waals surface area contributed by atoms with Crippen LogP contribution in [-0.4, -0.2) is 18.3 Å². The number of rotatable bonds is 4. The van der Waals surface area contributed by atoms with E-state index in [2.05, 4.69) is 59.7 Å². The summed E-state index contributed by atoms with van der Waals surface area (Å²) in [6, 6.07) is 6.51. The first kappa shape index (κ1) is 16.0. The summed E-state index contributed by atoms with van der Waals surface area (Å²) in [5.74, 6) is 0.908. The molecule has 2 heteroatoms. The summed E-state index contributed by atoms with van der Waals surface area (Å²) in [7, 11) is 0. The standard InChI is InChI=1S/C17H28O2/c1-16(2,3)13-10-14(17(4,5)6)12-15(11-13)19-9-7-8-18/h10-12,18H,7-9H2,1-6H3. The van der Waals surface area contributed by atoms with E-state index in [1.54, 1.807) is 0 Å².